The van der Waals surface area contributed by atoms with E-state index >= 15 is 0 Å². The average molecular weight is 333 g/mol. The molecule has 0 bridgehead atoms. The van der Waals surface area contributed by atoms with Gasteiger partial charge in [-0.05, 0) is 30.3 Å². The first kappa shape index (κ1) is 16.8. The van der Waals surface area contributed by atoms with Crippen molar-refractivity contribution in [2.45, 2.75) is 13.3 Å². The first-order chi connectivity index (χ1) is 11.0. The third-order valence-corrected chi connectivity index (χ3v) is 3.20. The van der Waals surface area contributed by atoms with Gasteiger partial charge in [-0.1, -0.05) is 29.8 Å². The number of nitrogens with one attached hydrogen (secondary N) is 2. The maximum atomic E-state index is 11.9. The predicted molar refractivity (Wildman–Crippen MR) is 90.9 cm³/mol. The third kappa shape index (κ3) is 5.64. The van der Waals surface area contributed by atoms with E-state index in [0.29, 0.717) is 22.1 Å². The lowest BCUT2D eigenvalue weighted by molar-refractivity contribution is -0.116. The van der Waals surface area contributed by atoms with Crippen LogP contribution < -0.4 is 15.4 Å². The number of hydrogen-bond acceptors (Lipinski definition) is 3. The standard InChI is InChI=1S/C17H17ClN2O3/c1-12(21)19-13-5-4-6-14(11-13)20-17(22)9-10-23-16-8-3-2-7-15(16)18/h2-8,11H,9-10H2,1H3,(H,19,21)(H,20,22). The van der Waals surface area contributed by atoms with Crippen molar-refractivity contribution >= 4 is 34.8 Å². The van der Waals surface area contributed by atoms with Gasteiger partial charge in [0.2, 0.25) is 11.8 Å². The highest BCUT2D eigenvalue weighted by Crippen LogP contribution is 2.23. The number of benzene rings is 2. The van der Waals surface area contributed by atoms with Crippen LogP contribution in [0.3, 0.4) is 0 Å². The smallest absolute Gasteiger partial charge is 0.227 e. The Hall–Kier alpha value is -2.53. The Bertz CT molecular complexity index is 704. The van der Waals surface area contributed by atoms with Crippen molar-refractivity contribution in [2.24, 2.45) is 0 Å². The van der Waals surface area contributed by atoms with E-state index in [2.05, 4.69) is 10.6 Å². The number of anilines is 2. The monoisotopic (exact) mass is 332 g/mol. The molecular weight excluding hydrogens is 316 g/mol. The van der Waals surface area contributed by atoms with Crippen molar-refractivity contribution in [2.75, 3.05) is 17.2 Å². The highest BCUT2D eigenvalue weighted by Gasteiger charge is 2.05. The second-order valence-corrected chi connectivity index (χ2v) is 5.25. The van der Waals surface area contributed by atoms with Gasteiger partial charge in [-0.15, -0.1) is 0 Å². The quantitative estimate of drug-likeness (QED) is 0.847. The van der Waals surface area contributed by atoms with Crippen molar-refractivity contribution in [1.82, 2.24) is 0 Å². The van der Waals surface area contributed by atoms with E-state index in [1.165, 1.54) is 6.92 Å². The Kier molecular flexibility index (Phi) is 6.00. The average Bonchev–Trinajstić information content (AvgIpc) is 2.49. The van der Waals surface area contributed by atoms with E-state index in [4.69, 9.17) is 16.3 Å². The fraction of sp³-hybridized carbons (Fsp3) is 0.176. The van der Waals surface area contributed by atoms with Crippen molar-refractivity contribution in [3.05, 3.63) is 53.6 Å². The molecule has 0 aromatic heterocycles. The SMILES string of the molecule is CC(=O)Nc1cccc(NC(=O)CCOc2ccccc2Cl)c1. The van der Waals surface area contributed by atoms with Crippen LogP contribution in [0.4, 0.5) is 11.4 Å². The summed E-state index contributed by atoms with van der Waals surface area (Å²) in [5.74, 6) is 0.202. The zero-order chi connectivity index (χ0) is 16.7. The Balaban J connectivity index is 1.83. The van der Waals surface area contributed by atoms with Crippen molar-refractivity contribution in [3.63, 3.8) is 0 Å². The predicted octanol–water partition coefficient (Wildman–Crippen LogP) is 3.71. The summed E-state index contributed by atoms with van der Waals surface area (Å²) in [6.45, 7) is 1.65. The molecule has 2 rings (SSSR count). The normalized spacial score (nSPS) is 10.0. The van der Waals surface area contributed by atoms with Crippen LogP contribution in [0.5, 0.6) is 5.75 Å². The molecular formula is C17H17ClN2O3. The molecule has 0 spiro atoms. The summed E-state index contributed by atoms with van der Waals surface area (Å²) < 4.78 is 5.47. The molecule has 0 fully saturated rings. The van der Waals surface area contributed by atoms with Gasteiger partial charge in [-0.25, -0.2) is 0 Å². The van der Waals surface area contributed by atoms with Crippen LogP contribution in [0.25, 0.3) is 0 Å². The third-order valence-electron chi connectivity index (χ3n) is 2.89. The van der Waals surface area contributed by atoms with Gasteiger partial charge in [0.05, 0.1) is 18.1 Å². The van der Waals surface area contributed by atoms with Gasteiger partial charge >= 0.3 is 0 Å². The molecule has 0 atom stereocenters. The molecule has 0 heterocycles. The van der Waals surface area contributed by atoms with Crippen LogP contribution in [-0.2, 0) is 9.59 Å². The number of carbonyl (C=O) groups excluding carboxylic acids is 2. The minimum absolute atomic E-state index is 0.165. The van der Waals surface area contributed by atoms with Crippen LogP contribution in [-0.4, -0.2) is 18.4 Å². The Morgan fingerprint density at radius 2 is 1.74 bits per heavy atom. The van der Waals surface area contributed by atoms with Gasteiger partial charge in [0.15, 0.2) is 0 Å². The summed E-state index contributed by atoms with van der Waals surface area (Å²) >= 11 is 5.97. The van der Waals surface area contributed by atoms with Crippen molar-refractivity contribution < 1.29 is 14.3 Å². The van der Waals surface area contributed by atoms with E-state index in [1.54, 1.807) is 36.4 Å². The summed E-state index contributed by atoms with van der Waals surface area (Å²) in [5.41, 5.74) is 1.24. The first-order valence-corrected chi connectivity index (χ1v) is 7.47. The number of ether oxygens (including phenoxy) is 1. The Labute approximate surface area is 139 Å². The lowest BCUT2D eigenvalue weighted by Crippen LogP contribution is -2.15. The van der Waals surface area contributed by atoms with E-state index in [9.17, 15) is 9.59 Å². The van der Waals surface area contributed by atoms with E-state index in [0.717, 1.165) is 0 Å². The Morgan fingerprint density at radius 3 is 2.43 bits per heavy atom. The van der Waals surface area contributed by atoms with Crippen LogP contribution in [0.2, 0.25) is 5.02 Å². The molecule has 0 saturated heterocycles. The van der Waals surface area contributed by atoms with Crippen LogP contribution in [0.15, 0.2) is 48.5 Å². The lowest BCUT2D eigenvalue weighted by Gasteiger charge is -2.09. The number of carbonyl (C=O) groups is 2. The van der Waals surface area contributed by atoms with Crippen LogP contribution in [0, 0.1) is 0 Å². The molecule has 0 saturated carbocycles. The number of rotatable bonds is 6. The van der Waals surface area contributed by atoms with Gasteiger partial charge in [-0.3, -0.25) is 9.59 Å². The summed E-state index contributed by atoms with van der Waals surface area (Å²) in [5, 5.41) is 5.92. The molecule has 2 N–H and O–H groups in total. The highest BCUT2D eigenvalue weighted by atomic mass is 35.5. The zero-order valence-electron chi connectivity index (χ0n) is 12.6. The molecule has 0 aliphatic rings. The summed E-state index contributed by atoms with van der Waals surface area (Å²) in [4.78, 5) is 22.9. The molecule has 2 aromatic rings. The molecule has 0 aliphatic heterocycles. The zero-order valence-corrected chi connectivity index (χ0v) is 13.4. The number of halogens is 1. The molecule has 0 unspecified atom stereocenters. The molecule has 2 aromatic carbocycles. The molecule has 120 valence electrons. The van der Waals surface area contributed by atoms with Crippen LogP contribution >= 0.6 is 11.6 Å². The second kappa shape index (κ2) is 8.19. The lowest BCUT2D eigenvalue weighted by atomic mass is 10.2. The maximum Gasteiger partial charge on any atom is 0.227 e. The maximum absolute atomic E-state index is 11.9. The summed E-state index contributed by atoms with van der Waals surface area (Å²) in [7, 11) is 0. The van der Waals surface area contributed by atoms with Gasteiger partial charge in [0.25, 0.3) is 0 Å². The van der Waals surface area contributed by atoms with Crippen LogP contribution in [0.1, 0.15) is 13.3 Å². The molecule has 2 amide bonds. The Morgan fingerprint density at radius 1 is 1.04 bits per heavy atom. The molecule has 5 nitrogen and oxygen atoms in total. The summed E-state index contributed by atoms with van der Waals surface area (Å²) in [6, 6.07) is 14.0. The van der Waals surface area contributed by atoms with E-state index in [-0.39, 0.29) is 24.8 Å². The fourth-order valence-corrected chi connectivity index (χ4v) is 2.11. The van der Waals surface area contributed by atoms with E-state index < -0.39 is 0 Å². The number of para-hydroxylation sites is 1. The first-order valence-electron chi connectivity index (χ1n) is 7.09. The van der Waals surface area contributed by atoms with Crippen molar-refractivity contribution in [1.29, 1.82) is 0 Å². The van der Waals surface area contributed by atoms with Crippen molar-refractivity contribution in [3.8, 4) is 5.75 Å². The second-order valence-electron chi connectivity index (χ2n) is 4.84. The molecule has 23 heavy (non-hydrogen) atoms. The van der Waals surface area contributed by atoms with Gasteiger partial charge in [0, 0.05) is 18.3 Å². The largest absolute Gasteiger partial charge is 0.491 e. The fourth-order valence-electron chi connectivity index (χ4n) is 1.92. The van der Waals surface area contributed by atoms with Gasteiger partial charge in [0.1, 0.15) is 5.75 Å². The molecule has 6 heteroatoms. The summed E-state index contributed by atoms with van der Waals surface area (Å²) in [6.07, 6.45) is 0.190. The minimum Gasteiger partial charge on any atom is -0.491 e. The minimum atomic E-state index is -0.183. The topological polar surface area (TPSA) is 67.4 Å². The molecule has 0 aliphatic carbocycles. The van der Waals surface area contributed by atoms with Gasteiger partial charge in [-0.2, -0.15) is 0 Å². The molecule has 0 radical (unpaired) electrons. The highest BCUT2D eigenvalue weighted by molar-refractivity contribution is 6.32. The number of hydrogen-bond donors (Lipinski definition) is 2. The van der Waals surface area contributed by atoms with E-state index in [1.807, 2.05) is 12.1 Å². The van der Waals surface area contributed by atoms with Gasteiger partial charge < -0.3 is 15.4 Å². The number of amides is 2.